The first-order chi connectivity index (χ1) is 20.6. The molecule has 0 unspecified atom stereocenters. The molecule has 0 aliphatic carbocycles. The predicted octanol–water partition coefficient (Wildman–Crippen LogP) is 5.74. The molecule has 2 aromatic carbocycles. The van der Waals surface area contributed by atoms with Crippen LogP contribution in [0, 0.1) is 5.92 Å². The van der Waals surface area contributed by atoms with Crippen LogP contribution in [0.4, 0.5) is 29.6 Å². The van der Waals surface area contributed by atoms with E-state index in [0.717, 1.165) is 43.6 Å². The highest BCUT2D eigenvalue weighted by atomic mass is 32.2. The third-order valence-corrected chi connectivity index (χ3v) is 8.23. The highest BCUT2D eigenvalue weighted by Gasteiger charge is 2.33. The van der Waals surface area contributed by atoms with Crippen LogP contribution in [0.3, 0.4) is 0 Å². The van der Waals surface area contributed by atoms with Gasteiger partial charge in [-0.1, -0.05) is 43.8 Å². The van der Waals surface area contributed by atoms with E-state index in [9.17, 15) is 22.8 Å². The number of nitrogens with zero attached hydrogens (tertiary/aromatic N) is 6. The smallest absolute Gasteiger partial charge is 0.406 e. The van der Waals surface area contributed by atoms with Crippen molar-refractivity contribution in [1.82, 2.24) is 20.1 Å². The molecule has 10 nitrogen and oxygen atoms in total. The summed E-state index contributed by atoms with van der Waals surface area (Å²) in [6.45, 7) is 6.08. The standard InChI is InChI=1S/C29H32F3N7O3S/c1-19(2)23-5-3-4-6-24(23)39-25(40)17-43-28(39)35-27(41)33-14-11-20-12-15-37(16-13-20)26-34-18-38(36-26)21-7-9-22(10-8-21)42-29(30,31)32/h3-10,18-20H,11-17H2,1-2H3,(H,33,41)/b35-28-. The fourth-order valence-corrected chi connectivity index (χ4v) is 5.97. The van der Waals surface area contributed by atoms with Gasteiger partial charge in [0.15, 0.2) is 5.17 Å². The van der Waals surface area contributed by atoms with Gasteiger partial charge in [-0.15, -0.1) is 18.3 Å². The first kappa shape index (κ1) is 30.4. The minimum Gasteiger partial charge on any atom is -0.406 e. The summed E-state index contributed by atoms with van der Waals surface area (Å²) >= 11 is 1.26. The number of para-hydroxylation sites is 1. The summed E-state index contributed by atoms with van der Waals surface area (Å²) < 4.78 is 42.6. The fraction of sp³-hybridized carbons (Fsp3) is 0.414. The maximum Gasteiger partial charge on any atom is 0.573 e. The molecule has 2 aliphatic heterocycles. The predicted molar refractivity (Wildman–Crippen MR) is 159 cm³/mol. The summed E-state index contributed by atoms with van der Waals surface area (Å²) in [6.07, 6.45) is -0.632. The molecule has 2 fully saturated rings. The number of aromatic nitrogens is 3. The van der Waals surface area contributed by atoms with Gasteiger partial charge in [-0.25, -0.2) is 9.48 Å². The number of carbonyl (C=O) groups excluding carboxylic acids is 2. The number of urea groups is 1. The molecule has 3 heterocycles. The molecular weight excluding hydrogens is 583 g/mol. The van der Waals surface area contributed by atoms with Gasteiger partial charge in [-0.3, -0.25) is 9.69 Å². The van der Waals surface area contributed by atoms with E-state index in [0.29, 0.717) is 29.3 Å². The zero-order valence-corrected chi connectivity index (χ0v) is 24.6. The molecule has 0 radical (unpaired) electrons. The number of hydrogen-bond donors (Lipinski definition) is 1. The van der Waals surface area contributed by atoms with Gasteiger partial charge in [0.2, 0.25) is 11.9 Å². The largest absolute Gasteiger partial charge is 0.573 e. The van der Waals surface area contributed by atoms with Crippen molar-refractivity contribution in [1.29, 1.82) is 0 Å². The van der Waals surface area contributed by atoms with E-state index in [-0.39, 0.29) is 23.3 Å². The number of nitrogens with one attached hydrogen (secondary N) is 1. The Balaban J connectivity index is 1.09. The van der Waals surface area contributed by atoms with E-state index in [1.54, 1.807) is 4.90 Å². The maximum atomic E-state index is 12.7. The molecule has 43 heavy (non-hydrogen) atoms. The second-order valence-corrected chi connectivity index (χ2v) is 11.6. The normalized spacial score (nSPS) is 17.3. The molecule has 0 spiro atoms. The van der Waals surface area contributed by atoms with Crippen LogP contribution in [0.15, 0.2) is 59.9 Å². The maximum absolute atomic E-state index is 12.7. The monoisotopic (exact) mass is 615 g/mol. The molecule has 228 valence electrons. The number of hydrogen-bond acceptors (Lipinski definition) is 7. The van der Waals surface area contributed by atoms with Crippen LogP contribution < -0.4 is 19.9 Å². The molecule has 14 heteroatoms. The third-order valence-electron chi connectivity index (χ3n) is 7.30. The number of benzene rings is 2. The summed E-state index contributed by atoms with van der Waals surface area (Å²) in [5.41, 5.74) is 2.35. The van der Waals surface area contributed by atoms with Crippen molar-refractivity contribution in [3.63, 3.8) is 0 Å². The van der Waals surface area contributed by atoms with Gasteiger partial charge in [0, 0.05) is 19.6 Å². The molecule has 3 aromatic rings. The first-order valence-corrected chi connectivity index (χ1v) is 15.0. The van der Waals surface area contributed by atoms with Crippen LogP contribution in [0.25, 0.3) is 5.69 Å². The van der Waals surface area contributed by atoms with E-state index in [1.807, 2.05) is 24.3 Å². The van der Waals surface area contributed by atoms with Gasteiger partial charge in [0.25, 0.3) is 0 Å². The highest BCUT2D eigenvalue weighted by Crippen LogP contribution is 2.33. The Hall–Kier alpha value is -4.07. The number of halogens is 3. The van der Waals surface area contributed by atoms with E-state index < -0.39 is 12.4 Å². The zero-order valence-electron chi connectivity index (χ0n) is 23.8. The van der Waals surface area contributed by atoms with Crippen molar-refractivity contribution in [2.45, 2.75) is 45.4 Å². The van der Waals surface area contributed by atoms with Crippen molar-refractivity contribution in [3.8, 4) is 11.4 Å². The van der Waals surface area contributed by atoms with E-state index in [4.69, 9.17) is 0 Å². The Morgan fingerprint density at radius 1 is 1.14 bits per heavy atom. The molecule has 3 amide bonds. The Morgan fingerprint density at radius 3 is 2.56 bits per heavy atom. The van der Waals surface area contributed by atoms with Gasteiger partial charge >= 0.3 is 12.4 Å². The molecule has 1 aromatic heterocycles. The summed E-state index contributed by atoms with van der Waals surface area (Å²) in [7, 11) is 0. The van der Waals surface area contributed by atoms with Gasteiger partial charge in [0.1, 0.15) is 12.1 Å². The topological polar surface area (TPSA) is 105 Å². The van der Waals surface area contributed by atoms with Crippen molar-refractivity contribution in [2.24, 2.45) is 10.9 Å². The second-order valence-electron chi connectivity index (χ2n) is 10.6. The lowest BCUT2D eigenvalue weighted by Gasteiger charge is -2.31. The van der Waals surface area contributed by atoms with E-state index in [2.05, 4.69) is 43.9 Å². The lowest BCUT2D eigenvalue weighted by Crippen LogP contribution is -2.36. The van der Waals surface area contributed by atoms with Gasteiger partial charge in [-0.2, -0.15) is 9.98 Å². The SMILES string of the molecule is CC(C)c1ccccc1N1C(=O)CS/C1=N\C(=O)NCCC1CCN(c2ncn(-c3ccc(OC(F)(F)F)cc3)n2)CC1. The lowest BCUT2D eigenvalue weighted by molar-refractivity contribution is -0.274. The highest BCUT2D eigenvalue weighted by molar-refractivity contribution is 8.15. The minimum absolute atomic E-state index is 0.0934. The molecular formula is C29H32F3N7O3S. The quantitative estimate of drug-likeness (QED) is 0.345. The van der Waals surface area contributed by atoms with Crippen LogP contribution in [0.1, 0.15) is 44.6 Å². The molecule has 5 rings (SSSR count). The molecule has 0 saturated carbocycles. The minimum atomic E-state index is -4.74. The van der Waals surface area contributed by atoms with Gasteiger partial charge < -0.3 is 15.0 Å². The average Bonchev–Trinajstić information content (AvgIpc) is 3.60. The number of alkyl halides is 3. The Morgan fingerprint density at radius 2 is 1.86 bits per heavy atom. The Kier molecular flexibility index (Phi) is 9.23. The van der Waals surface area contributed by atoms with Gasteiger partial charge in [0.05, 0.1) is 17.1 Å². The number of amidine groups is 1. The number of carbonyl (C=O) groups is 2. The van der Waals surface area contributed by atoms with E-state index >= 15 is 0 Å². The van der Waals surface area contributed by atoms with Crippen LogP contribution >= 0.6 is 11.8 Å². The van der Waals surface area contributed by atoms with Gasteiger partial charge in [-0.05, 0) is 67.0 Å². The lowest BCUT2D eigenvalue weighted by atomic mass is 9.94. The van der Waals surface area contributed by atoms with Crippen molar-refractivity contribution >= 4 is 40.5 Å². The van der Waals surface area contributed by atoms with Crippen LogP contribution in [0.2, 0.25) is 0 Å². The average molecular weight is 616 g/mol. The third kappa shape index (κ3) is 7.66. The van der Waals surface area contributed by atoms with Crippen molar-refractivity contribution in [3.05, 3.63) is 60.4 Å². The summed E-state index contributed by atoms with van der Waals surface area (Å²) in [5, 5.41) is 7.74. The number of thioether (sulfide) groups is 1. The molecule has 0 bridgehead atoms. The Labute approximate surface area is 251 Å². The molecule has 2 aliphatic rings. The fourth-order valence-electron chi connectivity index (χ4n) is 5.12. The number of amides is 3. The Bertz CT molecular complexity index is 1470. The number of rotatable bonds is 8. The number of aliphatic imine (C=N–C) groups is 1. The molecule has 1 N–H and O–H groups in total. The van der Waals surface area contributed by atoms with Crippen LogP contribution in [-0.4, -0.2) is 63.6 Å². The number of ether oxygens (including phenoxy) is 1. The van der Waals surface area contributed by atoms with Crippen LogP contribution in [0.5, 0.6) is 5.75 Å². The van der Waals surface area contributed by atoms with Crippen molar-refractivity contribution < 1.29 is 27.5 Å². The zero-order chi connectivity index (χ0) is 30.6. The summed E-state index contributed by atoms with van der Waals surface area (Å²) in [6, 6.07) is 12.6. The summed E-state index contributed by atoms with van der Waals surface area (Å²) in [5.74, 6) is 1.01. The second kappa shape index (κ2) is 13.1. The number of piperidine rings is 1. The van der Waals surface area contributed by atoms with Crippen molar-refractivity contribution in [2.75, 3.05) is 35.2 Å². The molecule has 0 atom stereocenters. The van der Waals surface area contributed by atoms with E-state index in [1.165, 1.54) is 47.0 Å². The summed E-state index contributed by atoms with van der Waals surface area (Å²) in [4.78, 5) is 37.5. The number of anilines is 2. The molecule has 2 saturated heterocycles. The van der Waals surface area contributed by atoms with Crippen LogP contribution in [-0.2, 0) is 4.79 Å². The first-order valence-electron chi connectivity index (χ1n) is 14.0.